The number of piperidine rings is 2. The molecule has 10 heteroatoms. The van der Waals surface area contributed by atoms with Gasteiger partial charge in [-0.2, -0.15) is 15.0 Å². The van der Waals surface area contributed by atoms with Crippen molar-refractivity contribution in [2.75, 3.05) is 68.1 Å². The van der Waals surface area contributed by atoms with Crippen LogP contribution in [0.3, 0.4) is 0 Å². The average Bonchev–Trinajstić information content (AvgIpc) is 2.96. The Hall–Kier alpha value is -1.75. The van der Waals surface area contributed by atoms with Crippen molar-refractivity contribution in [1.82, 2.24) is 24.8 Å². The second-order valence-electron chi connectivity index (χ2n) is 16.7. The molecular weight excluding hydrogens is 572 g/mol. The Morgan fingerprint density at radius 3 is 1.26 bits per heavy atom. The molecule has 0 aromatic carbocycles. The Kier molecular flexibility index (Phi) is 13.2. The van der Waals surface area contributed by atoms with Crippen molar-refractivity contribution >= 4 is 17.8 Å². The third-order valence-electron chi connectivity index (χ3n) is 11.4. The fraction of sp³-hybridized carbons (Fsp3) is 0.917. The summed E-state index contributed by atoms with van der Waals surface area (Å²) in [5.74, 6) is 2.37. The lowest BCUT2D eigenvalue weighted by atomic mass is 9.77. The number of unbranched alkanes of at least 4 members (excludes halogenated alkanes) is 2. The number of rotatable bonds is 16. The van der Waals surface area contributed by atoms with Crippen LogP contribution in [-0.2, 0) is 0 Å². The van der Waals surface area contributed by atoms with Crippen LogP contribution in [0.2, 0.25) is 0 Å². The van der Waals surface area contributed by atoms with Crippen molar-refractivity contribution < 1.29 is 0 Å². The third kappa shape index (κ3) is 9.03. The molecule has 0 atom stereocenters. The minimum Gasteiger partial charge on any atom is -0.339 e. The molecule has 3 heterocycles. The van der Waals surface area contributed by atoms with Crippen LogP contribution in [0.4, 0.5) is 17.8 Å². The average molecular weight is 645 g/mol. The van der Waals surface area contributed by atoms with E-state index in [1.54, 1.807) is 0 Å². The summed E-state index contributed by atoms with van der Waals surface area (Å²) in [6, 6.07) is 0.654. The zero-order valence-corrected chi connectivity index (χ0v) is 32.0. The molecule has 0 bridgehead atoms. The van der Waals surface area contributed by atoms with E-state index in [9.17, 15) is 0 Å². The van der Waals surface area contributed by atoms with Crippen LogP contribution in [0, 0.1) is 0 Å². The molecule has 266 valence electrons. The number of likely N-dealkylation sites (tertiary alicyclic amines) is 2. The van der Waals surface area contributed by atoms with Gasteiger partial charge < -0.3 is 26.2 Å². The van der Waals surface area contributed by atoms with E-state index in [1.807, 2.05) is 0 Å². The van der Waals surface area contributed by atoms with Gasteiger partial charge in [0.2, 0.25) is 17.8 Å². The predicted octanol–water partition coefficient (Wildman–Crippen LogP) is 5.50. The predicted molar refractivity (Wildman–Crippen MR) is 197 cm³/mol. The number of nitrogens with two attached hydrogens (primary N) is 2. The number of nitrogens with zero attached hydrogens (tertiary/aromatic N) is 8. The van der Waals surface area contributed by atoms with Gasteiger partial charge >= 0.3 is 0 Å². The number of hydrogen-bond acceptors (Lipinski definition) is 10. The molecular formula is C36H72N10. The normalized spacial score (nSPS) is 21.8. The molecule has 4 N–H and O–H groups in total. The first kappa shape index (κ1) is 38.7. The maximum atomic E-state index is 6.17. The molecule has 2 aliphatic rings. The summed E-state index contributed by atoms with van der Waals surface area (Å²) in [5, 5.41) is 0. The van der Waals surface area contributed by atoms with E-state index in [-0.39, 0.29) is 22.2 Å². The minimum absolute atomic E-state index is 0.0563. The van der Waals surface area contributed by atoms with Gasteiger partial charge in [-0.1, -0.05) is 26.7 Å². The van der Waals surface area contributed by atoms with E-state index in [2.05, 4.69) is 108 Å². The first-order chi connectivity index (χ1) is 21.4. The quantitative estimate of drug-likeness (QED) is 0.240. The molecule has 0 radical (unpaired) electrons. The molecule has 1 aromatic rings. The zero-order valence-electron chi connectivity index (χ0n) is 32.0. The van der Waals surface area contributed by atoms with Crippen molar-refractivity contribution in [2.45, 2.75) is 161 Å². The molecule has 2 aliphatic heterocycles. The second-order valence-corrected chi connectivity index (χ2v) is 16.7. The molecule has 0 saturated carbocycles. The monoisotopic (exact) mass is 645 g/mol. The molecule has 10 nitrogen and oxygen atoms in total. The van der Waals surface area contributed by atoms with Gasteiger partial charge in [0.1, 0.15) is 0 Å². The first-order valence-corrected chi connectivity index (χ1v) is 18.4. The lowest BCUT2D eigenvalue weighted by Gasteiger charge is -2.56. The highest BCUT2D eigenvalue weighted by Gasteiger charge is 2.47. The van der Waals surface area contributed by atoms with Gasteiger partial charge in [0.05, 0.1) is 0 Å². The van der Waals surface area contributed by atoms with E-state index in [0.29, 0.717) is 31.7 Å². The summed E-state index contributed by atoms with van der Waals surface area (Å²) in [6.45, 7) is 28.1. The summed E-state index contributed by atoms with van der Waals surface area (Å²) >= 11 is 0. The smallest absolute Gasteiger partial charge is 0.232 e. The van der Waals surface area contributed by atoms with Gasteiger partial charge in [0.15, 0.2) is 0 Å². The van der Waals surface area contributed by atoms with Gasteiger partial charge in [-0.05, 0) is 121 Å². The molecule has 2 saturated heterocycles. The summed E-state index contributed by atoms with van der Waals surface area (Å²) in [5.41, 5.74) is 12.4. The number of aromatic nitrogens is 3. The van der Waals surface area contributed by atoms with Crippen LogP contribution >= 0.6 is 0 Å². The lowest BCUT2D eigenvalue weighted by Crippen LogP contribution is -2.63. The van der Waals surface area contributed by atoms with Crippen LogP contribution in [0.15, 0.2) is 0 Å². The minimum atomic E-state index is 0.0563. The van der Waals surface area contributed by atoms with E-state index in [4.69, 9.17) is 26.4 Å². The maximum Gasteiger partial charge on any atom is 0.232 e. The Morgan fingerprint density at radius 1 is 0.565 bits per heavy atom. The van der Waals surface area contributed by atoms with E-state index in [1.165, 1.54) is 0 Å². The Balaban J connectivity index is 2.22. The molecule has 0 unspecified atom stereocenters. The standard InChI is InChI=1S/C36H72N10/c1-13-15-21-45(28-24-33(3,4)42(11)34(5,6)25-28)31-39-30(44(23-19-38)20-17-18-37)40-32(41-31)46(22-16-14-2)29-26-35(7,8)43(12)36(9,10)27-29/h28-29H,13-27,37-38H2,1-12H3. The number of anilines is 3. The third-order valence-corrected chi connectivity index (χ3v) is 11.4. The second kappa shape index (κ2) is 15.6. The molecule has 2 fully saturated rings. The fourth-order valence-corrected chi connectivity index (χ4v) is 8.12. The van der Waals surface area contributed by atoms with Crippen molar-refractivity contribution in [3.05, 3.63) is 0 Å². The largest absolute Gasteiger partial charge is 0.339 e. The SMILES string of the molecule is CCCCN(c1nc(N(CCN)CCCN)nc(N(CCCC)C2CC(C)(C)N(C)C(C)(C)C2)n1)C1CC(C)(C)N(C)C(C)(C)C1. The highest BCUT2D eigenvalue weighted by atomic mass is 15.4. The van der Waals surface area contributed by atoms with Crippen LogP contribution < -0.4 is 26.2 Å². The van der Waals surface area contributed by atoms with Gasteiger partial charge in [0, 0.05) is 67.0 Å². The van der Waals surface area contributed by atoms with Crippen molar-refractivity contribution in [3.8, 4) is 0 Å². The Bertz CT molecular complexity index is 978. The van der Waals surface area contributed by atoms with Gasteiger partial charge in [-0.25, -0.2) is 0 Å². The van der Waals surface area contributed by atoms with Gasteiger partial charge in [0.25, 0.3) is 0 Å². The maximum absolute atomic E-state index is 6.17. The van der Waals surface area contributed by atoms with Crippen molar-refractivity contribution in [2.24, 2.45) is 11.5 Å². The highest BCUT2D eigenvalue weighted by Crippen LogP contribution is 2.42. The van der Waals surface area contributed by atoms with E-state index < -0.39 is 0 Å². The molecule has 3 rings (SSSR count). The Morgan fingerprint density at radius 2 is 0.935 bits per heavy atom. The molecule has 1 aromatic heterocycles. The topological polar surface area (TPSA) is 107 Å². The van der Waals surface area contributed by atoms with E-state index >= 15 is 0 Å². The summed E-state index contributed by atoms with van der Waals surface area (Å²) in [4.78, 5) is 28.5. The van der Waals surface area contributed by atoms with Crippen LogP contribution in [0.25, 0.3) is 0 Å². The molecule has 46 heavy (non-hydrogen) atoms. The lowest BCUT2D eigenvalue weighted by molar-refractivity contribution is -0.0130. The van der Waals surface area contributed by atoms with Crippen LogP contribution in [0.5, 0.6) is 0 Å². The van der Waals surface area contributed by atoms with Gasteiger partial charge in [-0.15, -0.1) is 0 Å². The number of hydrogen-bond donors (Lipinski definition) is 2. The van der Waals surface area contributed by atoms with Crippen molar-refractivity contribution in [1.29, 1.82) is 0 Å². The summed E-state index contributed by atoms with van der Waals surface area (Å²) in [6.07, 6.45) is 9.54. The summed E-state index contributed by atoms with van der Waals surface area (Å²) in [7, 11) is 4.56. The summed E-state index contributed by atoms with van der Waals surface area (Å²) < 4.78 is 0. The Labute approximate surface area is 283 Å². The van der Waals surface area contributed by atoms with E-state index in [0.717, 1.165) is 95.3 Å². The van der Waals surface area contributed by atoms with Crippen LogP contribution in [-0.4, -0.2) is 112 Å². The van der Waals surface area contributed by atoms with Gasteiger partial charge in [-0.3, -0.25) is 9.80 Å². The molecule has 0 aliphatic carbocycles. The highest BCUT2D eigenvalue weighted by molar-refractivity contribution is 5.48. The van der Waals surface area contributed by atoms with Crippen LogP contribution in [0.1, 0.15) is 127 Å². The molecule has 0 spiro atoms. The first-order valence-electron chi connectivity index (χ1n) is 18.4. The zero-order chi connectivity index (χ0) is 34.5. The fourth-order valence-electron chi connectivity index (χ4n) is 8.12. The van der Waals surface area contributed by atoms with Crippen molar-refractivity contribution in [3.63, 3.8) is 0 Å². The molecule has 0 amide bonds.